The van der Waals surface area contributed by atoms with E-state index in [0.29, 0.717) is 16.4 Å². The van der Waals surface area contributed by atoms with Crippen molar-refractivity contribution in [2.45, 2.75) is 39.2 Å². The van der Waals surface area contributed by atoms with Gasteiger partial charge in [0.1, 0.15) is 0 Å². The highest BCUT2D eigenvalue weighted by molar-refractivity contribution is 8.18. The van der Waals surface area contributed by atoms with Crippen molar-refractivity contribution in [3.8, 4) is 11.5 Å². The number of carbonyl (C=O) groups is 1. The van der Waals surface area contributed by atoms with E-state index in [1.807, 2.05) is 38.1 Å². The Morgan fingerprint density at radius 1 is 1.24 bits per heavy atom. The van der Waals surface area contributed by atoms with Gasteiger partial charge in [0.2, 0.25) is 0 Å². The smallest absolute Gasteiger partial charge is 0.286 e. The van der Waals surface area contributed by atoms with Crippen LogP contribution in [0, 0.1) is 0 Å². The standard InChI is InChI=1S/C19H24N2O3S/c1-13(2)24-17-14(8-7-9-15(17)23-3)12-16-18(22)20-19(25-16)21-10-5-4-6-11-21/h7-9,12-13H,4-6,10-11H2,1-3H3/b16-12-. The predicted octanol–water partition coefficient (Wildman–Crippen LogP) is 3.94. The number of para-hydroxylation sites is 1. The molecule has 1 saturated heterocycles. The van der Waals surface area contributed by atoms with Crippen molar-refractivity contribution in [3.05, 3.63) is 28.7 Å². The van der Waals surface area contributed by atoms with Gasteiger partial charge in [-0.15, -0.1) is 0 Å². The molecule has 134 valence electrons. The molecule has 0 aromatic heterocycles. The highest BCUT2D eigenvalue weighted by Gasteiger charge is 2.27. The number of amidine groups is 1. The van der Waals surface area contributed by atoms with Crippen LogP contribution in [0.2, 0.25) is 0 Å². The molecule has 3 rings (SSSR count). The topological polar surface area (TPSA) is 51.1 Å². The van der Waals surface area contributed by atoms with Gasteiger partial charge in [-0.1, -0.05) is 12.1 Å². The lowest BCUT2D eigenvalue weighted by atomic mass is 10.1. The average molecular weight is 360 g/mol. The van der Waals surface area contributed by atoms with Crippen LogP contribution < -0.4 is 9.47 Å². The van der Waals surface area contributed by atoms with E-state index in [0.717, 1.165) is 36.7 Å². The van der Waals surface area contributed by atoms with Gasteiger partial charge in [0.15, 0.2) is 16.7 Å². The number of hydrogen-bond donors (Lipinski definition) is 0. The van der Waals surface area contributed by atoms with Crippen molar-refractivity contribution in [1.82, 2.24) is 4.90 Å². The number of methoxy groups -OCH3 is 1. The van der Waals surface area contributed by atoms with Gasteiger partial charge >= 0.3 is 0 Å². The fraction of sp³-hybridized carbons (Fsp3) is 0.474. The number of thioether (sulfide) groups is 1. The number of nitrogens with zero attached hydrogens (tertiary/aromatic N) is 2. The minimum atomic E-state index is -0.177. The molecule has 1 fully saturated rings. The van der Waals surface area contributed by atoms with Gasteiger partial charge in [-0.25, -0.2) is 0 Å². The first-order valence-corrected chi connectivity index (χ1v) is 9.51. The lowest BCUT2D eigenvalue weighted by Crippen LogP contribution is -2.33. The van der Waals surface area contributed by atoms with Crippen molar-refractivity contribution in [3.63, 3.8) is 0 Å². The van der Waals surface area contributed by atoms with E-state index >= 15 is 0 Å². The molecule has 0 aliphatic carbocycles. The number of piperidine rings is 1. The number of amides is 1. The minimum Gasteiger partial charge on any atom is -0.493 e. The van der Waals surface area contributed by atoms with Gasteiger partial charge < -0.3 is 14.4 Å². The molecule has 1 aromatic rings. The number of hydrogen-bond acceptors (Lipinski definition) is 5. The molecular formula is C19H24N2O3S. The highest BCUT2D eigenvalue weighted by Crippen LogP contribution is 2.37. The zero-order valence-corrected chi connectivity index (χ0v) is 15.8. The third kappa shape index (κ3) is 4.18. The summed E-state index contributed by atoms with van der Waals surface area (Å²) in [7, 11) is 1.62. The first kappa shape index (κ1) is 17.9. The largest absolute Gasteiger partial charge is 0.493 e. The monoisotopic (exact) mass is 360 g/mol. The molecule has 6 heteroatoms. The maximum Gasteiger partial charge on any atom is 0.286 e. The summed E-state index contributed by atoms with van der Waals surface area (Å²) in [6.45, 7) is 5.90. The number of aliphatic imine (C=N–C) groups is 1. The second kappa shape index (κ2) is 7.95. The summed E-state index contributed by atoms with van der Waals surface area (Å²) in [6, 6.07) is 5.69. The normalized spacial score (nSPS) is 19.5. The third-order valence-corrected chi connectivity index (χ3v) is 5.15. The number of carbonyl (C=O) groups excluding carboxylic acids is 1. The Labute approximate surface area is 153 Å². The zero-order chi connectivity index (χ0) is 17.8. The van der Waals surface area contributed by atoms with E-state index in [4.69, 9.17) is 9.47 Å². The highest BCUT2D eigenvalue weighted by atomic mass is 32.2. The quantitative estimate of drug-likeness (QED) is 0.761. The van der Waals surface area contributed by atoms with E-state index in [9.17, 15) is 4.79 Å². The van der Waals surface area contributed by atoms with E-state index in [2.05, 4.69) is 9.89 Å². The second-order valence-electron chi connectivity index (χ2n) is 6.40. The first-order valence-electron chi connectivity index (χ1n) is 8.69. The van der Waals surface area contributed by atoms with E-state index in [1.54, 1.807) is 7.11 Å². The fourth-order valence-electron chi connectivity index (χ4n) is 2.93. The van der Waals surface area contributed by atoms with Gasteiger partial charge in [0.05, 0.1) is 18.1 Å². The number of likely N-dealkylation sites (tertiary alicyclic amines) is 1. The Hall–Kier alpha value is -1.95. The molecule has 1 aromatic carbocycles. The Balaban J connectivity index is 1.85. The summed E-state index contributed by atoms with van der Waals surface area (Å²) >= 11 is 1.45. The molecule has 0 saturated carbocycles. The molecule has 0 radical (unpaired) electrons. The summed E-state index contributed by atoms with van der Waals surface area (Å²) in [6.07, 6.45) is 5.45. The molecular weight excluding hydrogens is 336 g/mol. The van der Waals surface area contributed by atoms with Crippen LogP contribution >= 0.6 is 11.8 Å². The van der Waals surface area contributed by atoms with Crippen molar-refractivity contribution < 1.29 is 14.3 Å². The molecule has 5 nitrogen and oxygen atoms in total. The molecule has 0 bridgehead atoms. The van der Waals surface area contributed by atoms with Crippen molar-refractivity contribution in [2.24, 2.45) is 4.99 Å². The molecule has 0 N–H and O–H groups in total. The third-order valence-electron chi connectivity index (χ3n) is 4.11. The fourth-order valence-corrected chi connectivity index (χ4v) is 3.88. The molecule has 0 spiro atoms. The maximum atomic E-state index is 12.3. The van der Waals surface area contributed by atoms with Crippen molar-refractivity contribution in [1.29, 1.82) is 0 Å². The molecule has 2 heterocycles. The lowest BCUT2D eigenvalue weighted by Gasteiger charge is -2.27. The predicted molar refractivity (Wildman–Crippen MR) is 102 cm³/mol. The van der Waals surface area contributed by atoms with Crippen LogP contribution in [0.1, 0.15) is 38.7 Å². The molecule has 25 heavy (non-hydrogen) atoms. The second-order valence-corrected chi connectivity index (χ2v) is 7.41. The van der Waals surface area contributed by atoms with Gasteiger partial charge in [-0.2, -0.15) is 4.99 Å². The summed E-state index contributed by atoms with van der Waals surface area (Å²) in [5.74, 6) is 1.15. The summed E-state index contributed by atoms with van der Waals surface area (Å²) in [4.78, 5) is 19.4. The summed E-state index contributed by atoms with van der Waals surface area (Å²) < 4.78 is 11.3. The molecule has 0 unspecified atom stereocenters. The van der Waals surface area contributed by atoms with Crippen molar-refractivity contribution >= 4 is 28.9 Å². The molecule has 2 aliphatic heterocycles. The lowest BCUT2D eigenvalue weighted by molar-refractivity contribution is -0.113. The summed E-state index contributed by atoms with van der Waals surface area (Å²) in [5.41, 5.74) is 0.832. The average Bonchev–Trinajstić information content (AvgIpc) is 2.97. The first-order chi connectivity index (χ1) is 12.1. The van der Waals surface area contributed by atoms with E-state index in [-0.39, 0.29) is 12.0 Å². The Morgan fingerprint density at radius 2 is 2.00 bits per heavy atom. The van der Waals surface area contributed by atoms with Crippen LogP contribution in [0.25, 0.3) is 6.08 Å². The van der Waals surface area contributed by atoms with Crippen LogP contribution in [0.15, 0.2) is 28.1 Å². The van der Waals surface area contributed by atoms with Crippen LogP contribution in [0.4, 0.5) is 0 Å². The Bertz CT molecular complexity index is 707. The number of rotatable bonds is 4. The molecule has 2 aliphatic rings. The molecule has 1 amide bonds. The van der Waals surface area contributed by atoms with E-state index < -0.39 is 0 Å². The van der Waals surface area contributed by atoms with Crippen LogP contribution in [0.5, 0.6) is 11.5 Å². The Morgan fingerprint density at radius 3 is 2.68 bits per heavy atom. The zero-order valence-electron chi connectivity index (χ0n) is 14.9. The maximum absolute atomic E-state index is 12.3. The number of ether oxygens (including phenoxy) is 2. The van der Waals surface area contributed by atoms with E-state index in [1.165, 1.54) is 18.2 Å². The minimum absolute atomic E-state index is 0.0144. The SMILES string of the molecule is COc1cccc(/C=C2\SC(N3CCCCC3)=NC2=O)c1OC(C)C. The van der Waals surface area contributed by atoms with Gasteiger partial charge in [-0.3, -0.25) is 4.79 Å². The molecule has 0 atom stereocenters. The van der Waals surface area contributed by atoms with Gasteiger partial charge in [0.25, 0.3) is 5.91 Å². The van der Waals surface area contributed by atoms with Crippen LogP contribution in [-0.4, -0.2) is 42.3 Å². The van der Waals surface area contributed by atoms with Gasteiger partial charge in [-0.05, 0) is 57.0 Å². The van der Waals surface area contributed by atoms with Crippen molar-refractivity contribution in [2.75, 3.05) is 20.2 Å². The summed E-state index contributed by atoms with van der Waals surface area (Å²) in [5, 5.41) is 0.824. The van der Waals surface area contributed by atoms with Gasteiger partial charge in [0, 0.05) is 18.7 Å². The number of benzene rings is 1. The van der Waals surface area contributed by atoms with Crippen LogP contribution in [0.3, 0.4) is 0 Å². The Kier molecular flexibility index (Phi) is 5.68. The van der Waals surface area contributed by atoms with Crippen LogP contribution in [-0.2, 0) is 4.79 Å².